The van der Waals surface area contributed by atoms with Gasteiger partial charge in [0, 0.05) is 11.3 Å². The number of hydrogen-bond acceptors (Lipinski definition) is 2. The van der Waals surface area contributed by atoms with E-state index in [1.165, 1.54) is 24.3 Å². The van der Waals surface area contributed by atoms with Crippen LogP contribution in [-0.4, -0.2) is 10.6 Å². The fraction of sp³-hybridized carbons (Fsp3) is 0.333. The summed E-state index contributed by atoms with van der Waals surface area (Å²) in [5.74, 6) is 2.40. The number of rotatable bonds is 4. The predicted molar refractivity (Wildman–Crippen MR) is 61.4 cm³/mol. The van der Waals surface area contributed by atoms with Gasteiger partial charge in [-0.1, -0.05) is 12.1 Å². The van der Waals surface area contributed by atoms with Gasteiger partial charge in [0.05, 0.1) is 6.10 Å². The molecule has 0 saturated carbocycles. The SMILES string of the molecule is C#CCCC(O)c1ccc(SC(F)(F)F)cc1. The van der Waals surface area contributed by atoms with E-state index in [-0.39, 0.29) is 16.7 Å². The van der Waals surface area contributed by atoms with Crippen molar-refractivity contribution in [3.05, 3.63) is 29.8 Å². The van der Waals surface area contributed by atoms with Crippen LogP contribution in [0.2, 0.25) is 0 Å². The van der Waals surface area contributed by atoms with E-state index in [2.05, 4.69) is 5.92 Å². The summed E-state index contributed by atoms with van der Waals surface area (Å²) < 4.78 is 36.2. The summed E-state index contributed by atoms with van der Waals surface area (Å²) in [6, 6.07) is 5.64. The molecule has 0 spiro atoms. The first-order valence-corrected chi connectivity index (χ1v) is 5.71. The summed E-state index contributed by atoms with van der Waals surface area (Å²) in [6.45, 7) is 0. The molecular formula is C12H11F3OS. The Morgan fingerprint density at radius 1 is 1.29 bits per heavy atom. The number of halogens is 3. The van der Waals surface area contributed by atoms with Crippen LogP contribution in [0, 0.1) is 12.3 Å². The van der Waals surface area contributed by atoms with E-state index in [9.17, 15) is 18.3 Å². The summed E-state index contributed by atoms with van der Waals surface area (Å²) >= 11 is -0.175. The largest absolute Gasteiger partial charge is 0.446 e. The summed E-state index contributed by atoms with van der Waals surface area (Å²) in [7, 11) is 0. The highest BCUT2D eigenvalue weighted by atomic mass is 32.2. The van der Waals surface area contributed by atoms with Gasteiger partial charge in [-0.3, -0.25) is 0 Å². The van der Waals surface area contributed by atoms with Crippen molar-refractivity contribution in [1.29, 1.82) is 0 Å². The molecule has 0 saturated heterocycles. The van der Waals surface area contributed by atoms with E-state index in [4.69, 9.17) is 6.42 Å². The number of aliphatic hydroxyl groups excluding tert-OH is 1. The minimum absolute atomic E-state index is 0.102. The van der Waals surface area contributed by atoms with Crippen LogP contribution in [-0.2, 0) is 0 Å². The van der Waals surface area contributed by atoms with Gasteiger partial charge < -0.3 is 5.11 Å². The highest BCUT2D eigenvalue weighted by Crippen LogP contribution is 2.37. The number of aliphatic hydroxyl groups is 1. The second-order valence-electron chi connectivity index (χ2n) is 3.38. The van der Waals surface area contributed by atoms with Gasteiger partial charge in [0.1, 0.15) is 0 Å². The first kappa shape index (κ1) is 13.9. The second-order valence-corrected chi connectivity index (χ2v) is 4.51. The third-order valence-electron chi connectivity index (χ3n) is 2.06. The lowest BCUT2D eigenvalue weighted by Crippen LogP contribution is -2.00. The van der Waals surface area contributed by atoms with E-state index in [1.54, 1.807) is 0 Å². The molecule has 17 heavy (non-hydrogen) atoms. The lowest BCUT2D eigenvalue weighted by Gasteiger charge is -2.10. The minimum atomic E-state index is -4.29. The minimum Gasteiger partial charge on any atom is -0.388 e. The smallest absolute Gasteiger partial charge is 0.388 e. The summed E-state index contributed by atoms with van der Waals surface area (Å²) in [5, 5.41) is 9.65. The van der Waals surface area contributed by atoms with E-state index >= 15 is 0 Å². The molecule has 0 heterocycles. The molecule has 1 nitrogen and oxygen atoms in total. The molecule has 1 N–H and O–H groups in total. The zero-order chi connectivity index (χ0) is 12.9. The Labute approximate surface area is 102 Å². The van der Waals surface area contributed by atoms with Crippen LogP contribution in [0.25, 0.3) is 0 Å². The maximum Gasteiger partial charge on any atom is 0.446 e. The van der Waals surface area contributed by atoms with Crippen LogP contribution in [0.4, 0.5) is 13.2 Å². The van der Waals surface area contributed by atoms with E-state index in [1.807, 2.05) is 0 Å². The number of benzene rings is 1. The quantitative estimate of drug-likeness (QED) is 0.657. The van der Waals surface area contributed by atoms with Gasteiger partial charge >= 0.3 is 5.51 Å². The molecule has 0 aliphatic heterocycles. The lowest BCUT2D eigenvalue weighted by atomic mass is 10.1. The van der Waals surface area contributed by atoms with Crippen molar-refractivity contribution in [1.82, 2.24) is 0 Å². The van der Waals surface area contributed by atoms with E-state index in [0.29, 0.717) is 18.4 Å². The van der Waals surface area contributed by atoms with Crippen LogP contribution in [0.5, 0.6) is 0 Å². The summed E-state index contributed by atoms with van der Waals surface area (Å²) in [4.78, 5) is 0.102. The highest BCUT2D eigenvalue weighted by Gasteiger charge is 2.29. The monoisotopic (exact) mass is 260 g/mol. The number of hydrogen-bond donors (Lipinski definition) is 1. The number of alkyl halides is 3. The zero-order valence-corrected chi connectivity index (χ0v) is 9.68. The predicted octanol–water partition coefficient (Wildman–Crippen LogP) is 3.75. The fourth-order valence-corrected chi connectivity index (χ4v) is 1.82. The first-order valence-electron chi connectivity index (χ1n) is 4.89. The molecular weight excluding hydrogens is 249 g/mol. The summed E-state index contributed by atoms with van der Waals surface area (Å²) in [5.41, 5.74) is -3.71. The van der Waals surface area contributed by atoms with E-state index in [0.717, 1.165) is 0 Å². The third-order valence-corrected chi connectivity index (χ3v) is 2.80. The Hall–Kier alpha value is -1.12. The molecule has 5 heteroatoms. The van der Waals surface area contributed by atoms with Gasteiger partial charge in [0.25, 0.3) is 0 Å². The van der Waals surface area contributed by atoms with Gasteiger partial charge in [-0.2, -0.15) is 13.2 Å². The highest BCUT2D eigenvalue weighted by molar-refractivity contribution is 8.00. The average Bonchev–Trinajstić information content (AvgIpc) is 2.24. The molecule has 0 aromatic heterocycles. The van der Waals surface area contributed by atoms with Crippen LogP contribution in [0.1, 0.15) is 24.5 Å². The molecule has 1 rings (SSSR count). The lowest BCUT2D eigenvalue weighted by molar-refractivity contribution is -0.0328. The van der Waals surface area contributed by atoms with Crippen molar-refractivity contribution >= 4 is 11.8 Å². The number of terminal acetylenes is 1. The van der Waals surface area contributed by atoms with Crippen LogP contribution < -0.4 is 0 Å². The fourth-order valence-electron chi connectivity index (χ4n) is 1.28. The van der Waals surface area contributed by atoms with Crippen LogP contribution in [0.15, 0.2) is 29.2 Å². The van der Waals surface area contributed by atoms with Gasteiger partial charge in [-0.05, 0) is 35.9 Å². The zero-order valence-electron chi connectivity index (χ0n) is 8.87. The van der Waals surface area contributed by atoms with Gasteiger partial charge in [-0.15, -0.1) is 12.3 Å². The Morgan fingerprint density at radius 3 is 2.35 bits per heavy atom. The second kappa shape index (κ2) is 5.99. The van der Waals surface area contributed by atoms with E-state index < -0.39 is 11.6 Å². The molecule has 92 valence electrons. The molecule has 1 aromatic rings. The normalized spacial score (nSPS) is 13.1. The molecule has 1 atom stereocenters. The molecule has 0 amide bonds. The van der Waals surface area contributed by atoms with Crippen molar-refractivity contribution in [2.24, 2.45) is 0 Å². The van der Waals surface area contributed by atoms with Crippen molar-refractivity contribution in [2.75, 3.05) is 0 Å². The summed E-state index contributed by atoms with van der Waals surface area (Å²) in [6.07, 6.45) is 5.17. The standard InChI is InChI=1S/C12H11F3OS/c1-2-3-4-11(16)9-5-7-10(8-6-9)17-12(13,14)15/h1,5-8,11,16H,3-4H2. The first-order chi connectivity index (χ1) is 7.92. The molecule has 1 aromatic carbocycles. The Bertz CT molecular complexity index is 392. The maximum absolute atomic E-state index is 12.1. The maximum atomic E-state index is 12.1. The molecule has 0 radical (unpaired) electrons. The Balaban J connectivity index is 2.65. The van der Waals surface area contributed by atoms with Crippen LogP contribution in [0.3, 0.4) is 0 Å². The molecule has 0 aliphatic carbocycles. The van der Waals surface area contributed by atoms with Crippen molar-refractivity contribution in [3.63, 3.8) is 0 Å². The molecule has 0 fully saturated rings. The average molecular weight is 260 g/mol. The molecule has 1 unspecified atom stereocenters. The van der Waals surface area contributed by atoms with Crippen molar-refractivity contribution in [2.45, 2.75) is 29.3 Å². The topological polar surface area (TPSA) is 20.2 Å². The Morgan fingerprint density at radius 2 is 1.88 bits per heavy atom. The third kappa shape index (κ3) is 5.16. The van der Waals surface area contributed by atoms with Gasteiger partial charge in [0.2, 0.25) is 0 Å². The number of thioether (sulfide) groups is 1. The van der Waals surface area contributed by atoms with Crippen molar-refractivity contribution < 1.29 is 18.3 Å². The van der Waals surface area contributed by atoms with Crippen molar-refractivity contribution in [3.8, 4) is 12.3 Å². The Kier molecular flexibility index (Phi) is 4.91. The van der Waals surface area contributed by atoms with Gasteiger partial charge in [-0.25, -0.2) is 0 Å². The van der Waals surface area contributed by atoms with Crippen LogP contribution >= 0.6 is 11.8 Å². The molecule has 0 bridgehead atoms. The molecule has 0 aliphatic rings. The van der Waals surface area contributed by atoms with Gasteiger partial charge in [0.15, 0.2) is 0 Å².